The largest absolute Gasteiger partial charge is 0.314 e. The fourth-order valence-corrected chi connectivity index (χ4v) is 4.25. The Morgan fingerprint density at radius 3 is 2.76 bits per heavy atom. The highest BCUT2D eigenvalue weighted by atomic mass is 15.0. The van der Waals surface area contributed by atoms with Crippen LogP contribution in [-0.4, -0.2) is 25.2 Å². The molecule has 2 aliphatic rings. The Bertz CT molecular complexity index is 437. The van der Waals surface area contributed by atoms with E-state index >= 15 is 0 Å². The normalized spacial score (nSPS) is 29.7. The molecule has 1 aromatic rings. The molecule has 21 heavy (non-hydrogen) atoms. The Labute approximate surface area is 129 Å². The predicted octanol–water partition coefficient (Wildman–Crippen LogP) is 3.44. The number of aryl methyl sites for hydroxylation is 1. The summed E-state index contributed by atoms with van der Waals surface area (Å²) in [6, 6.07) is 10.3. The van der Waals surface area contributed by atoms with Crippen LogP contribution in [0.4, 0.5) is 0 Å². The second-order valence-electron chi connectivity index (χ2n) is 6.89. The lowest BCUT2D eigenvalue weighted by Gasteiger charge is -2.36. The predicted molar refractivity (Wildman–Crippen MR) is 89.7 cm³/mol. The van der Waals surface area contributed by atoms with Gasteiger partial charge in [-0.05, 0) is 69.2 Å². The highest BCUT2D eigenvalue weighted by Crippen LogP contribution is 2.30. The van der Waals surface area contributed by atoms with Crippen molar-refractivity contribution in [3.8, 4) is 0 Å². The molecule has 0 spiro atoms. The third-order valence-electron chi connectivity index (χ3n) is 5.50. The van der Waals surface area contributed by atoms with Crippen LogP contribution in [0.25, 0.3) is 0 Å². The average Bonchev–Trinajstić information content (AvgIpc) is 3.04. The molecule has 0 radical (unpaired) electrons. The van der Waals surface area contributed by atoms with Crippen molar-refractivity contribution in [1.29, 1.82) is 0 Å². The van der Waals surface area contributed by atoms with E-state index in [-0.39, 0.29) is 0 Å². The van der Waals surface area contributed by atoms with Gasteiger partial charge in [0.25, 0.3) is 0 Å². The molecule has 3 atom stereocenters. The van der Waals surface area contributed by atoms with Crippen molar-refractivity contribution in [1.82, 2.24) is 10.6 Å². The lowest BCUT2D eigenvalue weighted by atomic mass is 9.79. The summed E-state index contributed by atoms with van der Waals surface area (Å²) in [6.07, 6.45) is 9.55. The van der Waals surface area contributed by atoms with E-state index in [1.165, 1.54) is 56.2 Å². The Morgan fingerprint density at radius 2 is 1.95 bits per heavy atom. The van der Waals surface area contributed by atoms with E-state index in [2.05, 4.69) is 41.8 Å². The smallest absolute Gasteiger partial charge is 0.0111 e. The van der Waals surface area contributed by atoms with Crippen molar-refractivity contribution in [3.05, 3.63) is 35.4 Å². The van der Waals surface area contributed by atoms with E-state index in [0.717, 1.165) is 31.0 Å². The summed E-state index contributed by atoms with van der Waals surface area (Å²) in [4.78, 5) is 0. The summed E-state index contributed by atoms with van der Waals surface area (Å²) in [5.74, 6) is 0.859. The van der Waals surface area contributed by atoms with E-state index < -0.39 is 0 Å². The molecule has 2 heteroatoms. The van der Waals surface area contributed by atoms with E-state index in [1.54, 1.807) is 0 Å². The summed E-state index contributed by atoms with van der Waals surface area (Å²) < 4.78 is 0. The maximum absolute atomic E-state index is 3.88. The lowest BCUT2D eigenvalue weighted by Crippen LogP contribution is -2.47. The molecular weight excluding hydrogens is 256 g/mol. The standard InChI is InChI=1S/C19H30N2/c1-15-7-2-3-8-16(15)12-14-21-18-10-5-4-9-17(18)19-11-6-13-20-19/h2-3,7-8,17-21H,4-6,9-14H2,1H3. The molecule has 0 amide bonds. The van der Waals surface area contributed by atoms with Gasteiger partial charge < -0.3 is 10.6 Å². The topological polar surface area (TPSA) is 24.1 Å². The molecular formula is C19H30N2. The van der Waals surface area contributed by atoms with Gasteiger partial charge in [-0.15, -0.1) is 0 Å². The van der Waals surface area contributed by atoms with Crippen molar-refractivity contribution >= 4 is 0 Å². The van der Waals surface area contributed by atoms with Crippen LogP contribution in [0, 0.1) is 12.8 Å². The van der Waals surface area contributed by atoms with Crippen molar-refractivity contribution in [2.75, 3.05) is 13.1 Å². The van der Waals surface area contributed by atoms with Crippen LogP contribution in [0.15, 0.2) is 24.3 Å². The molecule has 1 aliphatic carbocycles. The summed E-state index contributed by atoms with van der Waals surface area (Å²) in [6.45, 7) is 4.58. The first kappa shape index (κ1) is 15.1. The fraction of sp³-hybridized carbons (Fsp3) is 0.684. The molecule has 2 nitrogen and oxygen atoms in total. The molecule has 0 bridgehead atoms. The molecule has 1 saturated carbocycles. The molecule has 2 fully saturated rings. The maximum atomic E-state index is 3.88. The monoisotopic (exact) mass is 286 g/mol. The second kappa shape index (κ2) is 7.42. The number of rotatable bonds is 5. The van der Waals surface area contributed by atoms with Crippen molar-refractivity contribution in [3.63, 3.8) is 0 Å². The second-order valence-corrected chi connectivity index (χ2v) is 6.89. The Hall–Kier alpha value is -0.860. The van der Waals surface area contributed by atoms with E-state index in [0.29, 0.717) is 0 Å². The number of nitrogens with one attached hydrogen (secondary N) is 2. The molecule has 0 aromatic heterocycles. The average molecular weight is 286 g/mol. The van der Waals surface area contributed by atoms with Crippen molar-refractivity contribution in [2.45, 2.75) is 64.0 Å². The minimum absolute atomic E-state index is 0.735. The van der Waals surface area contributed by atoms with Crippen LogP contribution in [0.2, 0.25) is 0 Å². The van der Waals surface area contributed by atoms with Crippen LogP contribution in [0.1, 0.15) is 49.7 Å². The number of hydrogen-bond acceptors (Lipinski definition) is 2. The number of benzene rings is 1. The Kier molecular flexibility index (Phi) is 5.32. The van der Waals surface area contributed by atoms with Crippen LogP contribution in [0.3, 0.4) is 0 Å². The van der Waals surface area contributed by atoms with Gasteiger partial charge in [-0.25, -0.2) is 0 Å². The zero-order valence-electron chi connectivity index (χ0n) is 13.4. The van der Waals surface area contributed by atoms with Crippen LogP contribution >= 0.6 is 0 Å². The van der Waals surface area contributed by atoms with E-state index in [9.17, 15) is 0 Å². The molecule has 3 rings (SSSR count). The van der Waals surface area contributed by atoms with Crippen molar-refractivity contribution < 1.29 is 0 Å². The molecule has 3 unspecified atom stereocenters. The molecule has 1 aromatic carbocycles. The van der Waals surface area contributed by atoms with Gasteiger partial charge in [-0.3, -0.25) is 0 Å². The Morgan fingerprint density at radius 1 is 1.10 bits per heavy atom. The zero-order chi connectivity index (χ0) is 14.5. The zero-order valence-corrected chi connectivity index (χ0v) is 13.4. The highest BCUT2D eigenvalue weighted by molar-refractivity contribution is 5.25. The van der Waals surface area contributed by atoms with E-state index in [1.807, 2.05) is 0 Å². The fourth-order valence-electron chi connectivity index (χ4n) is 4.25. The summed E-state index contributed by atoms with van der Waals surface area (Å²) >= 11 is 0. The third kappa shape index (κ3) is 3.87. The molecule has 116 valence electrons. The minimum atomic E-state index is 0.735. The highest BCUT2D eigenvalue weighted by Gasteiger charge is 2.32. The first-order chi connectivity index (χ1) is 10.3. The summed E-state index contributed by atoms with van der Waals surface area (Å²) in [7, 11) is 0. The molecule has 1 aliphatic heterocycles. The SMILES string of the molecule is Cc1ccccc1CCNC1CCCCC1C1CCCN1. The molecule has 1 saturated heterocycles. The van der Waals surface area contributed by atoms with E-state index in [4.69, 9.17) is 0 Å². The van der Waals surface area contributed by atoms with Crippen molar-refractivity contribution in [2.24, 2.45) is 5.92 Å². The van der Waals surface area contributed by atoms with Gasteiger partial charge in [0.1, 0.15) is 0 Å². The molecule has 2 N–H and O–H groups in total. The quantitative estimate of drug-likeness (QED) is 0.866. The van der Waals surface area contributed by atoms with Gasteiger partial charge in [0, 0.05) is 12.1 Å². The first-order valence-electron chi connectivity index (χ1n) is 8.86. The maximum Gasteiger partial charge on any atom is 0.0111 e. The van der Waals surface area contributed by atoms with Gasteiger partial charge in [-0.1, -0.05) is 37.1 Å². The van der Waals surface area contributed by atoms with Crippen LogP contribution < -0.4 is 10.6 Å². The third-order valence-corrected chi connectivity index (χ3v) is 5.50. The van der Waals surface area contributed by atoms with Crippen LogP contribution in [-0.2, 0) is 6.42 Å². The minimum Gasteiger partial charge on any atom is -0.314 e. The van der Waals surface area contributed by atoms with Crippen LogP contribution in [0.5, 0.6) is 0 Å². The van der Waals surface area contributed by atoms with Gasteiger partial charge in [-0.2, -0.15) is 0 Å². The van der Waals surface area contributed by atoms with Gasteiger partial charge in [0.2, 0.25) is 0 Å². The summed E-state index contributed by atoms with van der Waals surface area (Å²) in [5, 5.41) is 7.62. The van der Waals surface area contributed by atoms with Gasteiger partial charge in [0.15, 0.2) is 0 Å². The lowest BCUT2D eigenvalue weighted by molar-refractivity contribution is 0.216. The number of hydrogen-bond donors (Lipinski definition) is 2. The molecule has 1 heterocycles. The first-order valence-corrected chi connectivity index (χ1v) is 8.86. The van der Waals surface area contributed by atoms with Gasteiger partial charge in [0.05, 0.1) is 0 Å². The Balaban J connectivity index is 1.51. The summed E-state index contributed by atoms with van der Waals surface area (Å²) in [5.41, 5.74) is 2.92. The van der Waals surface area contributed by atoms with Gasteiger partial charge >= 0.3 is 0 Å².